The van der Waals surface area contributed by atoms with E-state index in [1.54, 1.807) is 7.11 Å². The predicted octanol–water partition coefficient (Wildman–Crippen LogP) is 3.33. The number of benzene rings is 2. The number of nitro groups is 1. The van der Waals surface area contributed by atoms with Gasteiger partial charge in [-0.05, 0) is 55.8 Å². The number of ether oxygens (including phenoxy) is 2. The Morgan fingerprint density at radius 2 is 1.70 bits per heavy atom. The van der Waals surface area contributed by atoms with Crippen molar-refractivity contribution in [2.75, 3.05) is 33.4 Å². The molecule has 1 heterocycles. The summed E-state index contributed by atoms with van der Waals surface area (Å²) < 4.78 is 10.7. The molecule has 1 aliphatic rings. The molecule has 1 fully saturated rings. The van der Waals surface area contributed by atoms with Crippen LogP contribution in [-0.4, -0.2) is 49.1 Å². The van der Waals surface area contributed by atoms with Crippen molar-refractivity contribution in [3.05, 3.63) is 64.2 Å². The first-order valence-corrected chi connectivity index (χ1v) is 10.1. The average Bonchev–Trinajstić information content (AvgIpc) is 2.79. The van der Waals surface area contributed by atoms with Crippen molar-refractivity contribution in [2.24, 2.45) is 0 Å². The Bertz CT molecular complexity index is 833. The van der Waals surface area contributed by atoms with Crippen LogP contribution in [0.25, 0.3) is 0 Å². The number of likely N-dealkylation sites (tertiary alicyclic amines) is 1. The lowest BCUT2D eigenvalue weighted by Crippen LogP contribution is -2.41. The van der Waals surface area contributed by atoms with E-state index in [2.05, 4.69) is 10.2 Å². The highest BCUT2D eigenvalue weighted by Crippen LogP contribution is 2.26. The highest BCUT2D eigenvalue weighted by Gasteiger charge is 2.23. The second-order valence-corrected chi connectivity index (χ2v) is 7.23. The van der Waals surface area contributed by atoms with Crippen molar-refractivity contribution in [2.45, 2.75) is 25.3 Å². The molecule has 8 heteroatoms. The van der Waals surface area contributed by atoms with Crippen LogP contribution in [0.1, 0.15) is 30.9 Å². The molecular weight excluding hydrogens is 386 g/mol. The van der Waals surface area contributed by atoms with Crippen molar-refractivity contribution in [1.82, 2.24) is 10.2 Å². The first kappa shape index (κ1) is 21.6. The summed E-state index contributed by atoms with van der Waals surface area (Å²) in [6.45, 7) is 2.35. The zero-order valence-corrected chi connectivity index (χ0v) is 17.1. The normalized spacial score (nSPS) is 15.2. The third kappa shape index (κ3) is 5.93. The lowest BCUT2D eigenvalue weighted by molar-refractivity contribution is -0.384. The maximum Gasteiger partial charge on any atom is 0.269 e. The summed E-state index contributed by atoms with van der Waals surface area (Å²) in [5.74, 6) is 0.985. The summed E-state index contributed by atoms with van der Waals surface area (Å²) in [5.41, 5.74) is 1.12. The number of piperidine rings is 1. The number of carbonyl (C=O) groups is 1. The molecule has 0 aliphatic carbocycles. The van der Waals surface area contributed by atoms with Crippen LogP contribution < -0.4 is 14.8 Å². The maximum absolute atomic E-state index is 12.3. The van der Waals surface area contributed by atoms with Crippen molar-refractivity contribution >= 4 is 11.6 Å². The van der Waals surface area contributed by atoms with E-state index in [0.717, 1.165) is 37.2 Å². The van der Waals surface area contributed by atoms with E-state index < -0.39 is 4.92 Å². The van der Waals surface area contributed by atoms with E-state index in [1.807, 2.05) is 24.3 Å². The summed E-state index contributed by atoms with van der Waals surface area (Å²) >= 11 is 0. The standard InChI is InChI=1S/C22H27N3O5/c1-29-19-9-5-17(6-10-19)21(24-13-3-2-4-14-24)15-23-22(26)16-30-20-11-7-18(8-12-20)25(27)28/h5-12,21H,2-4,13-16H2,1H3,(H,23,26)/t21-/m0/s1. The molecule has 0 unspecified atom stereocenters. The fourth-order valence-electron chi connectivity index (χ4n) is 3.59. The number of rotatable bonds is 9. The first-order valence-electron chi connectivity index (χ1n) is 10.1. The van der Waals surface area contributed by atoms with Gasteiger partial charge in [-0.15, -0.1) is 0 Å². The number of non-ortho nitro benzene ring substituents is 1. The molecular formula is C22H27N3O5. The molecule has 0 spiro atoms. The molecule has 1 aliphatic heterocycles. The second-order valence-electron chi connectivity index (χ2n) is 7.23. The molecule has 0 bridgehead atoms. The molecule has 160 valence electrons. The number of nitrogens with zero attached hydrogens (tertiary/aromatic N) is 2. The van der Waals surface area contributed by atoms with Gasteiger partial charge in [0.2, 0.25) is 0 Å². The van der Waals surface area contributed by atoms with Crippen LogP contribution in [0.15, 0.2) is 48.5 Å². The van der Waals surface area contributed by atoms with Gasteiger partial charge < -0.3 is 14.8 Å². The van der Waals surface area contributed by atoms with E-state index in [9.17, 15) is 14.9 Å². The van der Waals surface area contributed by atoms with Gasteiger partial charge in [0.1, 0.15) is 11.5 Å². The first-order chi connectivity index (χ1) is 14.6. The monoisotopic (exact) mass is 413 g/mol. The largest absolute Gasteiger partial charge is 0.497 e. The lowest BCUT2D eigenvalue weighted by atomic mass is 10.0. The highest BCUT2D eigenvalue weighted by molar-refractivity contribution is 5.77. The van der Waals surface area contributed by atoms with Crippen LogP contribution in [0.3, 0.4) is 0 Å². The molecule has 30 heavy (non-hydrogen) atoms. The van der Waals surface area contributed by atoms with Crippen molar-refractivity contribution in [3.63, 3.8) is 0 Å². The Balaban J connectivity index is 1.57. The van der Waals surface area contributed by atoms with Crippen LogP contribution in [0.4, 0.5) is 5.69 Å². The van der Waals surface area contributed by atoms with Crippen LogP contribution in [0.5, 0.6) is 11.5 Å². The third-order valence-corrected chi connectivity index (χ3v) is 5.24. The number of nitrogens with one attached hydrogen (secondary N) is 1. The fourth-order valence-corrected chi connectivity index (χ4v) is 3.59. The third-order valence-electron chi connectivity index (χ3n) is 5.24. The Morgan fingerprint density at radius 3 is 2.30 bits per heavy atom. The van der Waals surface area contributed by atoms with Gasteiger partial charge in [0.15, 0.2) is 6.61 Å². The van der Waals surface area contributed by atoms with E-state index in [1.165, 1.54) is 30.7 Å². The van der Waals surface area contributed by atoms with E-state index >= 15 is 0 Å². The number of hydrogen-bond acceptors (Lipinski definition) is 6. The quantitative estimate of drug-likeness (QED) is 0.501. The van der Waals surface area contributed by atoms with Crippen LogP contribution >= 0.6 is 0 Å². The zero-order valence-electron chi connectivity index (χ0n) is 17.1. The number of hydrogen-bond donors (Lipinski definition) is 1. The number of nitro benzene ring substituents is 1. The summed E-state index contributed by atoms with van der Waals surface area (Å²) in [7, 11) is 1.64. The summed E-state index contributed by atoms with van der Waals surface area (Å²) in [6.07, 6.45) is 3.55. The molecule has 1 amide bonds. The summed E-state index contributed by atoms with van der Waals surface area (Å²) in [4.78, 5) is 25.0. The van der Waals surface area contributed by atoms with Gasteiger partial charge in [0.05, 0.1) is 18.1 Å². The molecule has 0 saturated carbocycles. The molecule has 1 N–H and O–H groups in total. The number of amides is 1. The van der Waals surface area contributed by atoms with E-state index in [4.69, 9.17) is 9.47 Å². The van der Waals surface area contributed by atoms with Gasteiger partial charge in [-0.2, -0.15) is 0 Å². The Morgan fingerprint density at radius 1 is 1.07 bits per heavy atom. The molecule has 2 aromatic carbocycles. The van der Waals surface area contributed by atoms with Crippen LogP contribution in [-0.2, 0) is 4.79 Å². The highest BCUT2D eigenvalue weighted by atomic mass is 16.6. The second kappa shape index (κ2) is 10.6. The average molecular weight is 413 g/mol. The molecule has 8 nitrogen and oxygen atoms in total. The van der Waals surface area contributed by atoms with Crippen LogP contribution in [0.2, 0.25) is 0 Å². The molecule has 2 aromatic rings. The summed E-state index contributed by atoms with van der Waals surface area (Å²) in [6, 6.07) is 13.7. The maximum atomic E-state index is 12.3. The fraction of sp³-hybridized carbons (Fsp3) is 0.409. The smallest absolute Gasteiger partial charge is 0.269 e. The SMILES string of the molecule is COc1ccc([C@H](CNC(=O)COc2ccc([N+](=O)[O-])cc2)N2CCCCC2)cc1. The molecule has 1 saturated heterocycles. The molecule has 3 rings (SSSR count). The van der Waals surface area contributed by atoms with Gasteiger partial charge in [-0.25, -0.2) is 0 Å². The lowest BCUT2D eigenvalue weighted by Gasteiger charge is -2.35. The van der Waals surface area contributed by atoms with Gasteiger partial charge in [0.25, 0.3) is 11.6 Å². The van der Waals surface area contributed by atoms with Gasteiger partial charge >= 0.3 is 0 Å². The Kier molecular flexibility index (Phi) is 7.62. The van der Waals surface area contributed by atoms with Gasteiger partial charge in [-0.1, -0.05) is 18.6 Å². The number of methoxy groups -OCH3 is 1. The minimum Gasteiger partial charge on any atom is -0.497 e. The number of carbonyl (C=O) groups excluding carboxylic acids is 1. The minimum atomic E-state index is -0.476. The molecule has 0 aromatic heterocycles. The molecule has 0 radical (unpaired) electrons. The van der Waals surface area contributed by atoms with Crippen LogP contribution in [0, 0.1) is 10.1 Å². The van der Waals surface area contributed by atoms with Crippen molar-refractivity contribution in [3.8, 4) is 11.5 Å². The zero-order chi connectivity index (χ0) is 21.3. The van der Waals surface area contributed by atoms with E-state index in [0.29, 0.717) is 12.3 Å². The van der Waals surface area contributed by atoms with Gasteiger partial charge in [0, 0.05) is 18.7 Å². The van der Waals surface area contributed by atoms with Crippen molar-refractivity contribution < 1.29 is 19.2 Å². The van der Waals surface area contributed by atoms with E-state index in [-0.39, 0.29) is 24.2 Å². The Labute approximate surface area is 175 Å². The minimum absolute atomic E-state index is 0.0179. The summed E-state index contributed by atoms with van der Waals surface area (Å²) in [5, 5.41) is 13.7. The predicted molar refractivity (Wildman–Crippen MR) is 113 cm³/mol. The van der Waals surface area contributed by atoms with Gasteiger partial charge in [-0.3, -0.25) is 19.8 Å². The molecule has 1 atom stereocenters. The van der Waals surface area contributed by atoms with Crippen molar-refractivity contribution in [1.29, 1.82) is 0 Å². The Hall–Kier alpha value is -3.13. The topological polar surface area (TPSA) is 93.9 Å².